The molecule has 8 nitrogen and oxygen atoms in total. The maximum absolute atomic E-state index is 12.5. The van der Waals surface area contributed by atoms with Gasteiger partial charge in [0.1, 0.15) is 4.90 Å². The summed E-state index contributed by atoms with van der Waals surface area (Å²) in [5, 5.41) is 4.45. The molecular weight excluding hydrogens is 448 g/mol. The van der Waals surface area contributed by atoms with Gasteiger partial charge in [0.15, 0.2) is 5.82 Å². The second-order valence-electron chi connectivity index (χ2n) is 8.11. The number of para-hydroxylation sites is 1. The number of halogens is 1. The molecule has 10 heteroatoms. The van der Waals surface area contributed by atoms with Crippen molar-refractivity contribution in [3.05, 3.63) is 53.6 Å². The lowest BCUT2D eigenvalue weighted by Crippen LogP contribution is -2.32. The van der Waals surface area contributed by atoms with Gasteiger partial charge in [-0.3, -0.25) is 0 Å². The van der Waals surface area contributed by atoms with E-state index in [1.165, 1.54) is 6.07 Å². The Kier molecular flexibility index (Phi) is 7.10. The van der Waals surface area contributed by atoms with E-state index in [1.54, 1.807) is 18.2 Å². The molecule has 1 fully saturated rings. The van der Waals surface area contributed by atoms with Crippen LogP contribution < -0.4 is 21.3 Å². The Morgan fingerprint density at radius 3 is 2.31 bits per heavy atom. The van der Waals surface area contributed by atoms with E-state index in [-0.39, 0.29) is 9.92 Å². The predicted octanol–water partition coefficient (Wildman–Crippen LogP) is 3.77. The molecule has 0 unspecified atom stereocenters. The van der Waals surface area contributed by atoms with E-state index in [0.29, 0.717) is 30.1 Å². The van der Waals surface area contributed by atoms with E-state index < -0.39 is 10.0 Å². The standard InChI is InChI=1S/C22H27ClN6O2S/c23-18-6-2-4-8-20(18)32(30,31)26-14-16-11-9-15(10-12-16)13-25-22-27-19-7-3-1-5-17(19)21(28-22)29-24/h1-8,15-16,26H,9-14,24H2,(H2,25,27,28,29). The van der Waals surface area contributed by atoms with Crippen molar-refractivity contribution in [1.29, 1.82) is 0 Å². The SMILES string of the molecule is NNc1nc(NCC2CCC(CNS(=O)(=O)c3ccccc3Cl)CC2)nc2ccccc12. The first-order valence-electron chi connectivity index (χ1n) is 10.7. The van der Waals surface area contributed by atoms with Crippen LogP contribution in [0.2, 0.25) is 5.02 Å². The molecule has 0 bridgehead atoms. The summed E-state index contributed by atoms with van der Waals surface area (Å²) in [4.78, 5) is 9.16. The summed E-state index contributed by atoms with van der Waals surface area (Å²) in [5.74, 6) is 7.55. The summed E-state index contributed by atoms with van der Waals surface area (Å²) >= 11 is 6.04. The number of hydrogen-bond donors (Lipinski definition) is 4. The number of nitrogens with zero attached hydrogens (tertiary/aromatic N) is 2. The molecule has 0 spiro atoms. The van der Waals surface area contributed by atoms with Crippen LogP contribution in [0.3, 0.4) is 0 Å². The van der Waals surface area contributed by atoms with Crippen LogP contribution in [-0.2, 0) is 10.0 Å². The van der Waals surface area contributed by atoms with Crippen molar-refractivity contribution in [3.8, 4) is 0 Å². The molecule has 0 radical (unpaired) electrons. The summed E-state index contributed by atoms with van der Waals surface area (Å²) in [6.45, 7) is 1.19. The van der Waals surface area contributed by atoms with Gasteiger partial charge in [0.25, 0.3) is 0 Å². The molecular formula is C22H27ClN6O2S. The molecule has 3 aromatic rings. The van der Waals surface area contributed by atoms with E-state index in [9.17, 15) is 8.42 Å². The van der Waals surface area contributed by atoms with Crippen molar-refractivity contribution in [1.82, 2.24) is 14.7 Å². The molecule has 1 aliphatic carbocycles. The first-order chi connectivity index (χ1) is 15.5. The van der Waals surface area contributed by atoms with Crippen LogP contribution in [0.25, 0.3) is 10.9 Å². The number of aromatic nitrogens is 2. The Labute approximate surface area is 193 Å². The van der Waals surface area contributed by atoms with Crippen molar-refractivity contribution >= 4 is 44.3 Å². The summed E-state index contributed by atoms with van der Waals surface area (Å²) in [6, 6.07) is 14.2. The normalized spacial score (nSPS) is 19.1. The zero-order valence-electron chi connectivity index (χ0n) is 17.6. The first-order valence-corrected chi connectivity index (χ1v) is 12.5. The number of rotatable bonds is 8. The van der Waals surface area contributed by atoms with Crippen LogP contribution >= 0.6 is 11.6 Å². The maximum Gasteiger partial charge on any atom is 0.242 e. The minimum Gasteiger partial charge on any atom is -0.354 e. The zero-order valence-corrected chi connectivity index (χ0v) is 19.2. The van der Waals surface area contributed by atoms with Crippen LogP contribution in [0.5, 0.6) is 0 Å². The van der Waals surface area contributed by atoms with E-state index in [1.807, 2.05) is 24.3 Å². The third kappa shape index (κ3) is 5.29. The molecule has 170 valence electrons. The highest BCUT2D eigenvalue weighted by atomic mass is 35.5. The average molecular weight is 475 g/mol. The van der Waals surface area contributed by atoms with Gasteiger partial charge in [0.05, 0.1) is 10.5 Å². The third-order valence-corrected chi connectivity index (χ3v) is 7.87. The van der Waals surface area contributed by atoms with E-state index in [4.69, 9.17) is 17.4 Å². The summed E-state index contributed by atoms with van der Waals surface area (Å²) < 4.78 is 27.8. The van der Waals surface area contributed by atoms with Crippen molar-refractivity contribution in [2.45, 2.75) is 30.6 Å². The fourth-order valence-electron chi connectivity index (χ4n) is 4.11. The van der Waals surface area contributed by atoms with Gasteiger partial charge in [-0.15, -0.1) is 0 Å². The Hall–Kier alpha value is -2.46. The Bertz CT molecular complexity index is 1180. The van der Waals surface area contributed by atoms with Gasteiger partial charge in [-0.05, 0) is 61.8 Å². The molecule has 5 N–H and O–H groups in total. The number of nitrogens with two attached hydrogens (primary N) is 1. The topological polar surface area (TPSA) is 122 Å². The lowest BCUT2D eigenvalue weighted by atomic mass is 9.82. The quantitative estimate of drug-likeness (QED) is 0.289. The number of fused-ring (bicyclic) bond motifs is 1. The number of hydrogen-bond acceptors (Lipinski definition) is 7. The number of benzene rings is 2. The predicted molar refractivity (Wildman–Crippen MR) is 128 cm³/mol. The summed E-state index contributed by atoms with van der Waals surface area (Å²) in [5.41, 5.74) is 3.47. The molecule has 4 rings (SSSR count). The maximum atomic E-state index is 12.5. The fraction of sp³-hybridized carbons (Fsp3) is 0.364. The zero-order chi connectivity index (χ0) is 22.6. The van der Waals surface area contributed by atoms with Gasteiger partial charge >= 0.3 is 0 Å². The summed E-state index contributed by atoms with van der Waals surface area (Å²) in [6.07, 6.45) is 3.96. The van der Waals surface area contributed by atoms with Gasteiger partial charge in [-0.25, -0.2) is 24.0 Å². The van der Waals surface area contributed by atoms with Crippen molar-refractivity contribution < 1.29 is 8.42 Å². The molecule has 2 aromatic carbocycles. The molecule has 1 heterocycles. The van der Waals surface area contributed by atoms with Crippen molar-refractivity contribution in [2.24, 2.45) is 17.7 Å². The van der Waals surface area contributed by atoms with Gasteiger partial charge in [-0.1, -0.05) is 35.9 Å². The molecule has 0 saturated heterocycles. The molecule has 32 heavy (non-hydrogen) atoms. The minimum atomic E-state index is -3.60. The van der Waals surface area contributed by atoms with E-state index in [2.05, 4.69) is 25.4 Å². The Morgan fingerprint density at radius 1 is 0.938 bits per heavy atom. The molecule has 1 aromatic heterocycles. The fourth-order valence-corrected chi connectivity index (χ4v) is 5.74. The minimum absolute atomic E-state index is 0.126. The highest BCUT2D eigenvalue weighted by molar-refractivity contribution is 7.89. The van der Waals surface area contributed by atoms with Crippen molar-refractivity contribution in [3.63, 3.8) is 0 Å². The largest absolute Gasteiger partial charge is 0.354 e. The van der Waals surface area contributed by atoms with Crippen LogP contribution in [-0.4, -0.2) is 31.5 Å². The molecule has 0 aliphatic heterocycles. The van der Waals surface area contributed by atoms with E-state index in [0.717, 1.165) is 43.1 Å². The first kappa shape index (κ1) is 22.7. The third-order valence-electron chi connectivity index (χ3n) is 5.94. The van der Waals surface area contributed by atoms with Gasteiger partial charge < -0.3 is 10.7 Å². The highest BCUT2D eigenvalue weighted by Gasteiger charge is 2.24. The van der Waals surface area contributed by atoms with Crippen molar-refractivity contribution in [2.75, 3.05) is 23.8 Å². The van der Waals surface area contributed by atoms with Crippen LogP contribution in [0, 0.1) is 11.8 Å². The van der Waals surface area contributed by atoms with E-state index >= 15 is 0 Å². The summed E-state index contributed by atoms with van der Waals surface area (Å²) in [7, 11) is -3.60. The molecule has 1 aliphatic rings. The number of nitrogens with one attached hydrogen (secondary N) is 3. The lowest BCUT2D eigenvalue weighted by Gasteiger charge is -2.28. The van der Waals surface area contributed by atoms with Crippen LogP contribution in [0.4, 0.5) is 11.8 Å². The number of hydrazine groups is 1. The van der Waals surface area contributed by atoms with Crippen LogP contribution in [0.1, 0.15) is 25.7 Å². The number of anilines is 2. The highest BCUT2D eigenvalue weighted by Crippen LogP contribution is 2.29. The number of nitrogen functional groups attached to an aromatic ring is 1. The molecule has 0 amide bonds. The molecule has 1 saturated carbocycles. The average Bonchev–Trinajstić information content (AvgIpc) is 2.81. The van der Waals surface area contributed by atoms with Gasteiger partial charge in [-0.2, -0.15) is 4.98 Å². The molecule has 0 atom stereocenters. The monoisotopic (exact) mass is 474 g/mol. The second kappa shape index (κ2) is 9.99. The van der Waals surface area contributed by atoms with Gasteiger partial charge in [0, 0.05) is 18.5 Å². The van der Waals surface area contributed by atoms with Gasteiger partial charge in [0.2, 0.25) is 16.0 Å². The Morgan fingerprint density at radius 2 is 1.59 bits per heavy atom. The lowest BCUT2D eigenvalue weighted by molar-refractivity contribution is 0.284. The Balaban J connectivity index is 1.27. The van der Waals surface area contributed by atoms with Crippen LogP contribution in [0.15, 0.2) is 53.4 Å². The smallest absolute Gasteiger partial charge is 0.242 e. The number of sulfonamides is 1. The second-order valence-corrected chi connectivity index (χ2v) is 10.2.